The van der Waals surface area contributed by atoms with Crippen molar-refractivity contribution in [3.63, 3.8) is 0 Å². The Bertz CT molecular complexity index is 3310. The molecule has 0 atom stereocenters. The Morgan fingerprint density at radius 1 is 0.254 bits per heavy atom. The first kappa shape index (κ1) is 37.8. The van der Waals surface area contributed by atoms with Gasteiger partial charge in [-0.1, -0.05) is 196 Å². The van der Waals surface area contributed by atoms with E-state index in [1.165, 1.54) is 22.3 Å². The smallest absolute Gasteiger partial charge is 0.164 e. The standard InChI is InChI=1S/C58H41N5/c1-58(2)50-30-13-12-29-48(50)49-36-45(31-32-51(49)58)53-37-52(59-54(60-53)39-19-8-4-9-20-39)44-26-14-24-42(33-44)43-25-16-28-47(35-43)57-62-55(40-21-10-5-11-22-40)61-56(63-57)46-27-15-23-41(34-46)38-17-6-3-7-18-38/h3-37H,1-2H3. The van der Waals surface area contributed by atoms with Crippen LogP contribution >= 0.6 is 0 Å². The van der Waals surface area contributed by atoms with Gasteiger partial charge in [-0.15, -0.1) is 0 Å². The maximum absolute atomic E-state index is 5.20. The van der Waals surface area contributed by atoms with E-state index in [9.17, 15) is 0 Å². The molecule has 298 valence electrons. The van der Waals surface area contributed by atoms with Crippen LogP contribution < -0.4 is 0 Å². The molecule has 10 aromatic rings. The molecule has 0 amide bonds. The lowest BCUT2D eigenvalue weighted by molar-refractivity contribution is 0.660. The van der Waals surface area contributed by atoms with Gasteiger partial charge in [0, 0.05) is 38.8 Å². The third-order valence-electron chi connectivity index (χ3n) is 12.1. The highest BCUT2D eigenvalue weighted by atomic mass is 15.0. The van der Waals surface area contributed by atoms with Crippen molar-refractivity contribution in [3.05, 3.63) is 223 Å². The molecular weight excluding hydrogens is 767 g/mol. The van der Waals surface area contributed by atoms with Crippen LogP contribution in [0.2, 0.25) is 0 Å². The molecule has 0 N–H and O–H groups in total. The molecule has 0 unspecified atom stereocenters. The topological polar surface area (TPSA) is 64.5 Å². The molecule has 1 aliphatic carbocycles. The Kier molecular flexibility index (Phi) is 9.43. The number of rotatable bonds is 8. The Balaban J connectivity index is 0.989. The van der Waals surface area contributed by atoms with Crippen LogP contribution in [-0.2, 0) is 5.41 Å². The first-order valence-corrected chi connectivity index (χ1v) is 21.3. The summed E-state index contributed by atoms with van der Waals surface area (Å²) in [7, 11) is 0. The van der Waals surface area contributed by atoms with Crippen molar-refractivity contribution in [1.29, 1.82) is 0 Å². The number of aromatic nitrogens is 5. The summed E-state index contributed by atoms with van der Waals surface area (Å²) in [6.45, 7) is 4.62. The molecule has 0 saturated carbocycles. The minimum atomic E-state index is -0.0707. The van der Waals surface area contributed by atoms with Gasteiger partial charge in [0.25, 0.3) is 0 Å². The van der Waals surface area contributed by atoms with Gasteiger partial charge in [0.15, 0.2) is 23.3 Å². The molecule has 0 spiro atoms. The summed E-state index contributed by atoms with van der Waals surface area (Å²) in [5.41, 5.74) is 17.0. The first-order chi connectivity index (χ1) is 30.9. The van der Waals surface area contributed by atoms with Crippen molar-refractivity contribution >= 4 is 0 Å². The molecule has 0 fully saturated rings. The lowest BCUT2D eigenvalue weighted by Crippen LogP contribution is -2.14. The average Bonchev–Trinajstić information content (AvgIpc) is 3.59. The summed E-state index contributed by atoms with van der Waals surface area (Å²) < 4.78 is 0. The van der Waals surface area contributed by atoms with Crippen LogP contribution in [-0.4, -0.2) is 24.9 Å². The molecule has 5 nitrogen and oxygen atoms in total. The molecule has 63 heavy (non-hydrogen) atoms. The number of nitrogens with zero attached hydrogens (tertiary/aromatic N) is 5. The van der Waals surface area contributed by atoms with Crippen LogP contribution in [0.15, 0.2) is 212 Å². The predicted molar refractivity (Wildman–Crippen MR) is 256 cm³/mol. The summed E-state index contributed by atoms with van der Waals surface area (Å²) in [4.78, 5) is 25.6. The molecule has 0 saturated heterocycles. The second-order valence-corrected chi connectivity index (χ2v) is 16.5. The minimum absolute atomic E-state index is 0.0707. The summed E-state index contributed by atoms with van der Waals surface area (Å²) in [5, 5.41) is 0. The third kappa shape index (κ3) is 7.19. The normalized spacial score (nSPS) is 12.4. The zero-order chi connectivity index (χ0) is 42.3. The molecule has 1 aliphatic rings. The first-order valence-electron chi connectivity index (χ1n) is 21.3. The van der Waals surface area contributed by atoms with Gasteiger partial charge in [-0.05, 0) is 74.8 Å². The monoisotopic (exact) mass is 807 g/mol. The van der Waals surface area contributed by atoms with E-state index in [4.69, 9.17) is 24.9 Å². The maximum atomic E-state index is 5.20. The fraction of sp³-hybridized carbons (Fsp3) is 0.0517. The van der Waals surface area contributed by atoms with Gasteiger partial charge in [0.2, 0.25) is 0 Å². The van der Waals surface area contributed by atoms with E-state index in [0.29, 0.717) is 23.3 Å². The number of hydrogen-bond donors (Lipinski definition) is 0. The van der Waals surface area contributed by atoms with E-state index in [0.717, 1.165) is 67.0 Å². The van der Waals surface area contributed by atoms with Crippen molar-refractivity contribution in [3.8, 4) is 101 Å². The van der Waals surface area contributed by atoms with Crippen molar-refractivity contribution in [2.24, 2.45) is 0 Å². The molecule has 0 radical (unpaired) electrons. The molecule has 8 aromatic carbocycles. The minimum Gasteiger partial charge on any atom is -0.228 e. The summed E-state index contributed by atoms with van der Waals surface area (Å²) in [6, 6.07) is 73.8. The average molecular weight is 808 g/mol. The van der Waals surface area contributed by atoms with Gasteiger partial charge in [-0.3, -0.25) is 0 Å². The molecule has 2 aromatic heterocycles. The van der Waals surface area contributed by atoms with Gasteiger partial charge < -0.3 is 0 Å². The fourth-order valence-electron chi connectivity index (χ4n) is 8.85. The molecular formula is C58H41N5. The van der Waals surface area contributed by atoms with Crippen LogP contribution in [0.5, 0.6) is 0 Å². The quantitative estimate of drug-likeness (QED) is 0.153. The van der Waals surface area contributed by atoms with Crippen molar-refractivity contribution in [1.82, 2.24) is 24.9 Å². The molecule has 0 bridgehead atoms. The number of hydrogen-bond acceptors (Lipinski definition) is 5. The fourth-order valence-corrected chi connectivity index (χ4v) is 8.85. The van der Waals surface area contributed by atoms with E-state index in [-0.39, 0.29) is 5.41 Å². The molecule has 11 rings (SSSR count). The largest absolute Gasteiger partial charge is 0.228 e. The molecule has 2 heterocycles. The second-order valence-electron chi connectivity index (χ2n) is 16.5. The number of fused-ring (bicyclic) bond motifs is 3. The Hall–Kier alpha value is -8.15. The lowest BCUT2D eigenvalue weighted by Gasteiger charge is -2.21. The van der Waals surface area contributed by atoms with E-state index in [1.807, 2.05) is 54.6 Å². The highest BCUT2D eigenvalue weighted by molar-refractivity contribution is 5.85. The third-order valence-corrected chi connectivity index (χ3v) is 12.1. The van der Waals surface area contributed by atoms with Crippen molar-refractivity contribution < 1.29 is 0 Å². The van der Waals surface area contributed by atoms with E-state index >= 15 is 0 Å². The Morgan fingerprint density at radius 2 is 0.635 bits per heavy atom. The predicted octanol–water partition coefficient (Wildman–Crippen LogP) is 14.3. The zero-order valence-corrected chi connectivity index (χ0v) is 34.9. The Morgan fingerprint density at radius 3 is 1.21 bits per heavy atom. The highest BCUT2D eigenvalue weighted by Gasteiger charge is 2.35. The van der Waals surface area contributed by atoms with Crippen molar-refractivity contribution in [2.75, 3.05) is 0 Å². The molecule has 0 aliphatic heterocycles. The highest BCUT2D eigenvalue weighted by Crippen LogP contribution is 2.49. The van der Waals surface area contributed by atoms with E-state index in [2.05, 4.69) is 172 Å². The second kappa shape index (κ2) is 15.7. The summed E-state index contributed by atoms with van der Waals surface area (Å²) in [5.74, 6) is 2.54. The lowest BCUT2D eigenvalue weighted by atomic mass is 9.82. The Labute approximate surface area is 367 Å². The van der Waals surface area contributed by atoms with Crippen molar-refractivity contribution in [2.45, 2.75) is 19.3 Å². The zero-order valence-electron chi connectivity index (χ0n) is 34.9. The number of benzene rings is 8. The van der Waals surface area contributed by atoms with Gasteiger partial charge in [-0.2, -0.15) is 0 Å². The van der Waals surface area contributed by atoms with Gasteiger partial charge in [0.05, 0.1) is 11.4 Å². The van der Waals surface area contributed by atoms with Gasteiger partial charge in [0.1, 0.15) is 0 Å². The maximum Gasteiger partial charge on any atom is 0.164 e. The van der Waals surface area contributed by atoms with Gasteiger partial charge in [-0.25, -0.2) is 24.9 Å². The van der Waals surface area contributed by atoms with Gasteiger partial charge >= 0.3 is 0 Å². The van der Waals surface area contributed by atoms with E-state index in [1.54, 1.807) is 0 Å². The van der Waals surface area contributed by atoms with Crippen LogP contribution in [0.3, 0.4) is 0 Å². The van der Waals surface area contributed by atoms with E-state index < -0.39 is 0 Å². The SMILES string of the molecule is CC1(C)c2ccccc2-c2cc(-c3cc(-c4cccc(-c5cccc(-c6nc(-c7ccccc7)nc(-c7cccc(-c8ccccc8)c7)n6)c5)c4)nc(-c4ccccc4)n3)ccc21. The van der Waals surface area contributed by atoms with Crippen LogP contribution in [0.25, 0.3) is 101 Å². The van der Waals surface area contributed by atoms with Crippen LogP contribution in [0.4, 0.5) is 0 Å². The summed E-state index contributed by atoms with van der Waals surface area (Å²) >= 11 is 0. The molecule has 5 heteroatoms. The van der Waals surface area contributed by atoms with Crippen LogP contribution in [0, 0.1) is 0 Å². The van der Waals surface area contributed by atoms with Crippen LogP contribution in [0.1, 0.15) is 25.0 Å². The summed E-state index contributed by atoms with van der Waals surface area (Å²) in [6.07, 6.45) is 0.